The molecule has 27 heavy (non-hydrogen) atoms. The number of carbonyl (C=O) groups is 1. The van der Waals surface area contributed by atoms with Gasteiger partial charge in [0, 0.05) is 42.9 Å². The summed E-state index contributed by atoms with van der Waals surface area (Å²) in [5, 5.41) is 0. The molecule has 0 N–H and O–H groups in total. The first kappa shape index (κ1) is 19.8. The first-order valence-corrected chi connectivity index (χ1v) is 11.0. The monoisotopic (exact) mass is 453 g/mol. The molecule has 0 radical (unpaired) electrons. The van der Waals surface area contributed by atoms with Gasteiger partial charge in [-0.25, -0.2) is 13.4 Å². The lowest BCUT2D eigenvalue weighted by Crippen LogP contribution is -2.50. The van der Waals surface area contributed by atoms with Crippen molar-refractivity contribution in [3.8, 4) is 11.6 Å². The maximum atomic E-state index is 12.6. The quantitative estimate of drug-likeness (QED) is 0.694. The van der Waals surface area contributed by atoms with E-state index in [0.717, 1.165) is 4.47 Å². The van der Waals surface area contributed by atoms with Gasteiger partial charge < -0.3 is 9.64 Å². The van der Waals surface area contributed by atoms with Gasteiger partial charge in [0.2, 0.25) is 15.9 Å². The van der Waals surface area contributed by atoms with Crippen molar-refractivity contribution >= 4 is 31.9 Å². The Morgan fingerprint density at radius 1 is 1.11 bits per heavy atom. The number of nitrogens with zero attached hydrogens (tertiary/aromatic N) is 3. The second kappa shape index (κ2) is 8.37. The summed E-state index contributed by atoms with van der Waals surface area (Å²) < 4.78 is 31.8. The van der Waals surface area contributed by atoms with Crippen LogP contribution in [0.2, 0.25) is 0 Å². The summed E-state index contributed by atoms with van der Waals surface area (Å²) in [6.45, 7) is 3.00. The Hall–Kier alpha value is -1.97. The van der Waals surface area contributed by atoms with E-state index in [9.17, 15) is 13.2 Å². The van der Waals surface area contributed by atoms with Gasteiger partial charge in [-0.05, 0) is 37.3 Å². The topological polar surface area (TPSA) is 79.8 Å². The van der Waals surface area contributed by atoms with Crippen molar-refractivity contribution in [1.82, 2.24) is 14.2 Å². The predicted octanol–water partition coefficient (Wildman–Crippen LogP) is 2.74. The minimum Gasteiger partial charge on any atom is -0.439 e. The number of pyridine rings is 1. The SMILES string of the molecule is CCS(=O)(=O)N1CCN(C(=O)c2ccc(Oc3ccc(Br)cc3)nc2)CC1. The maximum absolute atomic E-state index is 12.6. The molecular weight excluding hydrogens is 434 g/mol. The lowest BCUT2D eigenvalue weighted by molar-refractivity contribution is 0.0697. The summed E-state index contributed by atoms with van der Waals surface area (Å²) in [5.74, 6) is 0.960. The zero-order chi connectivity index (χ0) is 19.4. The summed E-state index contributed by atoms with van der Waals surface area (Å²) in [4.78, 5) is 18.4. The number of piperazine rings is 1. The smallest absolute Gasteiger partial charge is 0.255 e. The first-order chi connectivity index (χ1) is 12.9. The van der Waals surface area contributed by atoms with E-state index in [-0.39, 0.29) is 11.7 Å². The minimum absolute atomic E-state index is 0.0741. The highest BCUT2D eigenvalue weighted by molar-refractivity contribution is 9.10. The Balaban J connectivity index is 1.60. The van der Waals surface area contributed by atoms with E-state index in [1.807, 2.05) is 24.3 Å². The zero-order valence-corrected chi connectivity index (χ0v) is 17.2. The fourth-order valence-corrected chi connectivity index (χ4v) is 4.07. The number of amides is 1. The van der Waals surface area contributed by atoms with E-state index >= 15 is 0 Å². The number of sulfonamides is 1. The number of carbonyl (C=O) groups excluding carboxylic acids is 1. The number of rotatable bonds is 5. The van der Waals surface area contributed by atoms with Gasteiger partial charge in [0.15, 0.2) is 0 Å². The zero-order valence-electron chi connectivity index (χ0n) is 14.8. The average molecular weight is 454 g/mol. The Labute approximate surface area is 167 Å². The van der Waals surface area contributed by atoms with Crippen LogP contribution < -0.4 is 4.74 Å². The molecule has 1 fully saturated rings. The normalized spacial score (nSPS) is 15.6. The Morgan fingerprint density at radius 2 is 1.78 bits per heavy atom. The molecule has 7 nitrogen and oxygen atoms in total. The fraction of sp³-hybridized carbons (Fsp3) is 0.333. The van der Waals surface area contributed by atoms with Gasteiger partial charge in [-0.3, -0.25) is 4.79 Å². The Morgan fingerprint density at radius 3 is 2.33 bits per heavy atom. The summed E-state index contributed by atoms with van der Waals surface area (Å²) >= 11 is 3.36. The number of ether oxygens (including phenoxy) is 1. The van der Waals surface area contributed by atoms with Crippen LogP contribution in [0.1, 0.15) is 17.3 Å². The van der Waals surface area contributed by atoms with Gasteiger partial charge in [-0.1, -0.05) is 15.9 Å². The molecule has 9 heteroatoms. The van der Waals surface area contributed by atoms with Crippen LogP contribution in [0.5, 0.6) is 11.6 Å². The highest BCUT2D eigenvalue weighted by atomic mass is 79.9. The molecule has 1 aliphatic rings. The molecule has 0 unspecified atom stereocenters. The average Bonchev–Trinajstić information content (AvgIpc) is 2.70. The third-order valence-corrected chi connectivity index (χ3v) is 6.71. The van der Waals surface area contributed by atoms with Crippen LogP contribution in [-0.4, -0.2) is 60.4 Å². The summed E-state index contributed by atoms with van der Waals surface area (Å²) in [7, 11) is -3.21. The highest BCUT2D eigenvalue weighted by Crippen LogP contribution is 2.22. The first-order valence-electron chi connectivity index (χ1n) is 8.55. The number of aromatic nitrogens is 1. The second-order valence-electron chi connectivity index (χ2n) is 6.03. The van der Waals surface area contributed by atoms with E-state index in [1.54, 1.807) is 24.0 Å². The molecule has 0 saturated carbocycles. The largest absolute Gasteiger partial charge is 0.439 e. The van der Waals surface area contributed by atoms with Crippen molar-refractivity contribution in [3.63, 3.8) is 0 Å². The lowest BCUT2D eigenvalue weighted by Gasteiger charge is -2.33. The molecule has 0 aliphatic carbocycles. The second-order valence-corrected chi connectivity index (χ2v) is 9.21. The maximum Gasteiger partial charge on any atom is 0.255 e. The number of halogens is 1. The third kappa shape index (κ3) is 4.85. The van der Waals surface area contributed by atoms with Crippen LogP contribution in [0.3, 0.4) is 0 Å². The molecule has 1 aromatic carbocycles. The van der Waals surface area contributed by atoms with Crippen LogP contribution in [0.4, 0.5) is 0 Å². The van der Waals surface area contributed by atoms with E-state index in [1.165, 1.54) is 10.5 Å². The molecule has 0 atom stereocenters. The van der Waals surface area contributed by atoms with Crippen molar-refractivity contribution in [2.24, 2.45) is 0 Å². The molecule has 0 bridgehead atoms. The fourth-order valence-electron chi connectivity index (χ4n) is 2.73. The highest BCUT2D eigenvalue weighted by Gasteiger charge is 2.28. The molecular formula is C18H20BrN3O4S. The van der Waals surface area contributed by atoms with E-state index in [0.29, 0.717) is 43.4 Å². The molecule has 144 valence electrons. The number of hydrogen-bond acceptors (Lipinski definition) is 5. The van der Waals surface area contributed by atoms with Gasteiger partial charge in [-0.2, -0.15) is 4.31 Å². The van der Waals surface area contributed by atoms with E-state index < -0.39 is 10.0 Å². The molecule has 1 aromatic heterocycles. The number of benzene rings is 1. The van der Waals surface area contributed by atoms with E-state index in [4.69, 9.17) is 4.74 Å². The van der Waals surface area contributed by atoms with Crippen molar-refractivity contribution in [2.75, 3.05) is 31.9 Å². The van der Waals surface area contributed by atoms with Gasteiger partial charge in [0.1, 0.15) is 5.75 Å². The van der Waals surface area contributed by atoms with E-state index in [2.05, 4.69) is 20.9 Å². The van der Waals surface area contributed by atoms with Gasteiger partial charge in [0.25, 0.3) is 5.91 Å². The summed E-state index contributed by atoms with van der Waals surface area (Å²) in [6, 6.07) is 10.7. The van der Waals surface area contributed by atoms with Gasteiger partial charge >= 0.3 is 0 Å². The van der Waals surface area contributed by atoms with Crippen molar-refractivity contribution in [1.29, 1.82) is 0 Å². The molecule has 1 aliphatic heterocycles. The molecule has 2 aromatic rings. The Bertz CT molecular complexity index is 893. The van der Waals surface area contributed by atoms with Crippen molar-refractivity contribution < 1.29 is 17.9 Å². The van der Waals surface area contributed by atoms with Crippen LogP contribution in [0.15, 0.2) is 47.1 Å². The molecule has 2 heterocycles. The summed E-state index contributed by atoms with van der Waals surface area (Å²) in [5.41, 5.74) is 0.449. The molecule has 1 amide bonds. The van der Waals surface area contributed by atoms with Crippen LogP contribution in [0.25, 0.3) is 0 Å². The van der Waals surface area contributed by atoms with Crippen LogP contribution in [-0.2, 0) is 10.0 Å². The van der Waals surface area contributed by atoms with Gasteiger partial charge in [0.05, 0.1) is 11.3 Å². The molecule has 1 saturated heterocycles. The summed E-state index contributed by atoms with van der Waals surface area (Å²) in [6.07, 6.45) is 1.48. The van der Waals surface area contributed by atoms with Gasteiger partial charge in [-0.15, -0.1) is 0 Å². The predicted molar refractivity (Wildman–Crippen MR) is 105 cm³/mol. The Kier molecular flexibility index (Phi) is 6.13. The minimum atomic E-state index is -3.21. The number of hydrogen-bond donors (Lipinski definition) is 0. The van der Waals surface area contributed by atoms with Crippen LogP contribution >= 0.6 is 15.9 Å². The van der Waals surface area contributed by atoms with Crippen LogP contribution in [0, 0.1) is 0 Å². The molecule has 0 spiro atoms. The standard InChI is InChI=1S/C18H20BrN3O4S/c1-2-27(24,25)22-11-9-21(10-12-22)18(23)14-3-8-17(20-13-14)26-16-6-4-15(19)5-7-16/h3-8,13H,2,9-12H2,1H3. The molecule has 3 rings (SSSR count). The third-order valence-electron chi connectivity index (χ3n) is 4.30. The lowest BCUT2D eigenvalue weighted by atomic mass is 10.2. The van der Waals surface area contributed by atoms with Crippen molar-refractivity contribution in [3.05, 3.63) is 52.6 Å². The van der Waals surface area contributed by atoms with Crippen molar-refractivity contribution in [2.45, 2.75) is 6.92 Å².